The van der Waals surface area contributed by atoms with E-state index in [1.165, 1.54) is 71.0 Å². The second-order valence-electron chi connectivity index (χ2n) is 17.4. The van der Waals surface area contributed by atoms with Gasteiger partial charge in [-0.25, -0.2) is 15.0 Å². The van der Waals surface area contributed by atoms with Crippen molar-refractivity contribution in [3.05, 3.63) is 198 Å². The van der Waals surface area contributed by atoms with Gasteiger partial charge in [0.2, 0.25) is 0 Å². The highest BCUT2D eigenvalue weighted by atomic mass is 16.3. The summed E-state index contributed by atoms with van der Waals surface area (Å²) in [4.78, 5) is 16.0. The van der Waals surface area contributed by atoms with E-state index in [1.807, 2.05) is 30.3 Å². The lowest BCUT2D eigenvalue weighted by Gasteiger charge is -2.39. The first kappa shape index (κ1) is 34.4. The average molecular weight is 762 g/mol. The van der Waals surface area contributed by atoms with Gasteiger partial charge in [-0.1, -0.05) is 177 Å². The predicted octanol–water partition coefficient (Wildman–Crippen LogP) is 13.6. The van der Waals surface area contributed by atoms with Crippen LogP contribution in [-0.4, -0.2) is 15.0 Å². The molecule has 0 aliphatic heterocycles. The normalized spacial score (nSPS) is 21.8. The molecule has 7 aromatic carbocycles. The van der Waals surface area contributed by atoms with E-state index in [-0.39, 0.29) is 5.41 Å². The molecule has 0 saturated heterocycles. The molecular weight excluding hydrogens is 719 g/mol. The second-order valence-corrected chi connectivity index (χ2v) is 17.4. The number of benzene rings is 7. The lowest BCUT2D eigenvalue weighted by molar-refractivity contribution is 0.232. The zero-order valence-electron chi connectivity index (χ0n) is 33.1. The molecule has 0 amide bonds. The fourth-order valence-corrected chi connectivity index (χ4v) is 11.5. The van der Waals surface area contributed by atoms with Crippen molar-refractivity contribution in [1.29, 1.82) is 0 Å². The summed E-state index contributed by atoms with van der Waals surface area (Å²) in [6.07, 6.45) is 6.78. The number of hydrogen-bond donors (Lipinski definition) is 0. The smallest absolute Gasteiger partial charge is 0.167 e. The highest BCUT2D eigenvalue weighted by molar-refractivity contribution is 6.09. The van der Waals surface area contributed by atoms with Crippen LogP contribution >= 0.6 is 0 Å². The summed E-state index contributed by atoms with van der Waals surface area (Å²) in [7, 11) is 0. The van der Waals surface area contributed by atoms with Crippen molar-refractivity contribution in [2.75, 3.05) is 0 Å². The van der Waals surface area contributed by atoms with Crippen molar-refractivity contribution < 1.29 is 4.42 Å². The van der Waals surface area contributed by atoms with E-state index in [2.05, 4.69) is 146 Å². The van der Waals surface area contributed by atoms with Crippen molar-refractivity contribution in [1.82, 2.24) is 15.0 Å². The number of fused-ring (bicyclic) bond motifs is 8. The number of para-hydroxylation sites is 2. The minimum atomic E-state index is -0.632. The Morgan fingerprint density at radius 2 is 1.03 bits per heavy atom. The van der Waals surface area contributed by atoms with E-state index in [0.717, 1.165) is 50.5 Å². The van der Waals surface area contributed by atoms with Gasteiger partial charge < -0.3 is 4.42 Å². The van der Waals surface area contributed by atoms with E-state index in [9.17, 15) is 0 Å². The molecule has 0 spiro atoms. The molecule has 2 aromatic heterocycles. The number of nitrogens with zero attached hydrogens (tertiary/aromatic N) is 3. The van der Waals surface area contributed by atoms with Crippen LogP contribution in [0.15, 0.2) is 174 Å². The molecule has 0 N–H and O–H groups in total. The molecule has 4 atom stereocenters. The van der Waals surface area contributed by atoms with Crippen LogP contribution in [0.1, 0.15) is 66.8 Å². The first-order chi connectivity index (χ1) is 29.1. The monoisotopic (exact) mass is 761 g/mol. The van der Waals surface area contributed by atoms with Gasteiger partial charge in [0, 0.05) is 21.9 Å². The summed E-state index contributed by atoms with van der Waals surface area (Å²) in [5.41, 5.74) is 12.8. The molecule has 2 unspecified atom stereocenters. The fourth-order valence-electron chi connectivity index (χ4n) is 11.5. The lowest BCUT2D eigenvalue weighted by Crippen LogP contribution is -2.32. The van der Waals surface area contributed by atoms with Crippen molar-refractivity contribution in [3.8, 4) is 45.3 Å². The summed E-state index contributed by atoms with van der Waals surface area (Å²) in [6.45, 7) is 2.52. The molecule has 284 valence electrons. The van der Waals surface area contributed by atoms with Crippen LogP contribution in [0.5, 0.6) is 0 Å². The van der Waals surface area contributed by atoms with Crippen LogP contribution in [0.25, 0.3) is 67.2 Å². The van der Waals surface area contributed by atoms with Crippen LogP contribution in [-0.2, 0) is 10.8 Å². The second kappa shape index (κ2) is 13.2. The fraction of sp³-hybridized carbons (Fsp3) is 0.182. The molecule has 12 rings (SSSR count). The quantitative estimate of drug-likeness (QED) is 0.169. The third kappa shape index (κ3) is 5.25. The van der Waals surface area contributed by atoms with Gasteiger partial charge in [-0.3, -0.25) is 0 Å². The molecule has 4 nitrogen and oxygen atoms in total. The first-order valence-corrected chi connectivity index (χ1v) is 21.2. The van der Waals surface area contributed by atoms with Gasteiger partial charge in [0.15, 0.2) is 17.5 Å². The zero-order valence-corrected chi connectivity index (χ0v) is 33.1. The number of aromatic nitrogens is 3. The van der Waals surface area contributed by atoms with E-state index in [4.69, 9.17) is 19.4 Å². The van der Waals surface area contributed by atoms with Gasteiger partial charge in [-0.15, -0.1) is 0 Å². The molecule has 59 heavy (non-hydrogen) atoms. The van der Waals surface area contributed by atoms with E-state index < -0.39 is 5.41 Å². The van der Waals surface area contributed by atoms with E-state index in [1.54, 1.807) is 0 Å². The molecule has 3 aliphatic carbocycles. The topological polar surface area (TPSA) is 51.8 Å². The maximum Gasteiger partial charge on any atom is 0.167 e. The lowest BCUT2D eigenvalue weighted by atomic mass is 9.64. The van der Waals surface area contributed by atoms with Crippen LogP contribution in [0.3, 0.4) is 0 Å². The van der Waals surface area contributed by atoms with Gasteiger partial charge >= 0.3 is 0 Å². The molecule has 0 radical (unpaired) electrons. The van der Waals surface area contributed by atoms with Crippen molar-refractivity contribution in [3.63, 3.8) is 0 Å². The maximum absolute atomic E-state index is 6.57. The Bertz CT molecular complexity index is 3050. The third-order valence-corrected chi connectivity index (χ3v) is 14.0. The van der Waals surface area contributed by atoms with Crippen LogP contribution in [0.2, 0.25) is 0 Å². The van der Waals surface area contributed by atoms with E-state index >= 15 is 0 Å². The molecule has 4 heteroatoms. The number of rotatable bonds is 6. The molecule has 3 aliphatic rings. The summed E-state index contributed by atoms with van der Waals surface area (Å²) in [5.74, 6) is 3.55. The van der Waals surface area contributed by atoms with Gasteiger partial charge in [0.1, 0.15) is 11.2 Å². The minimum absolute atomic E-state index is 0.205. The van der Waals surface area contributed by atoms with Crippen LogP contribution in [0, 0.1) is 11.8 Å². The number of furan rings is 1. The van der Waals surface area contributed by atoms with Crippen molar-refractivity contribution >= 4 is 21.9 Å². The highest BCUT2D eigenvalue weighted by Gasteiger charge is 2.48. The highest BCUT2D eigenvalue weighted by Crippen LogP contribution is 2.59. The van der Waals surface area contributed by atoms with Crippen molar-refractivity contribution in [2.24, 2.45) is 11.8 Å². The zero-order chi connectivity index (χ0) is 39.1. The average Bonchev–Trinajstić information content (AvgIpc) is 3.96. The molecule has 2 bridgehead atoms. The van der Waals surface area contributed by atoms with Crippen molar-refractivity contribution in [2.45, 2.75) is 49.9 Å². The Balaban J connectivity index is 1.11. The Labute approximate surface area is 344 Å². The summed E-state index contributed by atoms with van der Waals surface area (Å²) in [6, 6.07) is 61.2. The maximum atomic E-state index is 6.57. The molecule has 2 heterocycles. The largest absolute Gasteiger partial charge is 0.455 e. The summed E-state index contributed by atoms with van der Waals surface area (Å²) < 4.78 is 6.57. The predicted molar refractivity (Wildman–Crippen MR) is 238 cm³/mol. The number of hydrogen-bond acceptors (Lipinski definition) is 4. The summed E-state index contributed by atoms with van der Waals surface area (Å²) in [5, 5.41) is 2.11. The van der Waals surface area contributed by atoms with Gasteiger partial charge in [0.05, 0.1) is 11.0 Å². The van der Waals surface area contributed by atoms with Crippen LogP contribution < -0.4 is 0 Å². The van der Waals surface area contributed by atoms with Gasteiger partial charge in [-0.2, -0.15) is 0 Å². The Morgan fingerprint density at radius 1 is 0.475 bits per heavy atom. The van der Waals surface area contributed by atoms with E-state index in [0.29, 0.717) is 17.5 Å². The Morgan fingerprint density at radius 3 is 1.83 bits per heavy atom. The molecular formula is C55H43N3O. The van der Waals surface area contributed by atoms with Gasteiger partial charge in [-0.05, 0) is 87.6 Å². The summed E-state index contributed by atoms with van der Waals surface area (Å²) >= 11 is 0. The standard InChI is InChI=1S/C55H43N3O/c1-54(33-35-26-27-36(32-35)34-54)38-28-30-40(31-29-38)55(39-16-6-3-7-17-39)47-24-10-8-18-41(47)43-20-12-22-45(49(43)55)52-56-51(37-14-4-2-5-15-37)57-53(58-52)46-23-13-21-44-42-19-9-11-25-48(42)59-50(44)46/h2-25,28-31,35-36H,26-27,32-34H2,1H3/t35-,36+,54?,55?. The van der Waals surface area contributed by atoms with Crippen LogP contribution in [0.4, 0.5) is 0 Å². The van der Waals surface area contributed by atoms with Gasteiger partial charge in [0.25, 0.3) is 0 Å². The SMILES string of the molecule is CC1(c2ccc(C3(c4ccccc4)c4ccccc4-c4cccc(-c5nc(-c6ccccc6)nc(-c6cccc7c6oc6ccccc67)n5)c43)cc2)C[C@@H]2CC[C@@H](C2)C1. The third-order valence-electron chi connectivity index (χ3n) is 14.0. The molecule has 2 saturated carbocycles. The Kier molecular flexibility index (Phi) is 7.69. The Hall–Kier alpha value is -6.65. The minimum Gasteiger partial charge on any atom is -0.455 e. The first-order valence-electron chi connectivity index (χ1n) is 21.2. The molecule has 2 fully saturated rings. The molecule has 9 aromatic rings.